The number of rotatable bonds is 4. The number of ether oxygens (including phenoxy) is 1. The van der Waals surface area contributed by atoms with E-state index in [0.29, 0.717) is 34.5 Å². The van der Waals surface area contributed by atoms with Gasteiger partial charge in [0.05, 0.1) is 11.2 Å². The summed E-state index contributed by atoms with van der Waals surface area (Å²) in [6, 6.07) is 9.55. The molecule has 0 aliphatic carbocycles. The number of hydrogen-bond donors (Lipinski definition) is 2. The fraction of sp³-hybridized carbons (Fsp3) is 0.0588. The second kappa shape index (κ2) is 5.92. The fourth-order valence-electron chi connectivity index (χ4n) is 2.28. The highest BCUT2D eigenvalue weighted by Gasteiger charge is 2.09. The molecular formula is C17H14FN3O2. The van der Waals surface area contributed by atoms with Crippen LogP contribution in [0, 0.1) is 12.7 Å². The van der Waals surface area contributed by atoms with Crippen LogP contribution in [0.2, 0.25) is 0 Å². The number of nitrogens with one attached hydrogen (secondary N) is 1. The molecule has 3 aromatic rings. The maximum Gasteiger partial charge on any atom is 0.211 e. The number of pyridine rings is 1. The fourth-order valence-corrected chi connectivity index (χ4v) is 2.28. The zero-order valence-electron chi connectivity index (χ0n) is 12.3. The third-order valence-corrected chi connectivity index (χ3v) is 3.46. The number of carbonyl (C=O) groups excluding carboxylic acids is 1. The number of amides is 1. The van der Waals surface area contributed by atoms with Gasteiger partial charge in [-0.3, -0.25) is 9.78 Å². The smallest absolute Gasteiger partial charge is 0.211 e. The number of halogens is 1. The number of fused-ring (bicyclic) bond motifs is 1. The molecule has 3 N–H and O–H groups in total. The minimum absolute atomic E-state index is 0.0602. The molecule has 0 unspecified atom stereocenters. The quantitative estimate of drug-likeness (QED) is 0.570. The Balaban J connectivity index is 2.07. The lowest BCUT2D eigenvalue weighted by Crippen LogP contribution is -1.97. The Morgan fingerprint density at radius 1 is 1.26 bits per heavy atom. The first-order chi connectivity index (χ1) is 11.1. The van der Waals surface area contributed by atoms with Gasteiger partial charge in [0.15, 0.2) is 0 Å². The first-order valence-electron chi connectivity index (χ1n) is 6.91. The molecule has 3 rings (SSSR count). The van der Waals surface area contributed by atoms with Gasteiger partial charge in [0, 0.05) is 23.3 Å². The molecule has 1 aromatic heterocycles. The van der Waals surface area contributed by atoms with Crippen LogP contribution in [0.4, 0.5) is 15.8 Å². The summed E-state index contributed by atoms with van der Waals surface area (Å²) >= 11 is 0. The molecule has 0 aliphatic heterocycles. The van der Waals surface area contributed by atoms with Gasteiger partial charge in [-0.1, -0.05) is 0 Å². The third kappa shape index (κ3) is 2.91. The van der Waals surface area contributed by atoms with E-state index in [0.717, 1.165) is 5.56 Å². The van der Waals surface area contributed by atoms with Crippen LogP contribution in [0.25, 0.3) is 10.9 Å². The SMILES string of the molecule is Cc1cc2nccc(Oc3ccc(N)c(F)c3)c2cc1NC=O. The molecule has 116 valence electrons. The molecule has 0 saturated heterocycles. The number of nitrogen functional groups attached to an aromatic ring is 1. The Morgan fingerprint density at radius 3 is 2.83 bits per heavy atom. The van der Waals surface area contributed by atoms with Crippen LogP contribution in [0.5, 0.6) is 11.5 Å². The van der Waals surface area contributed by atoms with E-state index in [4.69, 9.17) is 10.5 Å². The van der Waals surface area contributed by atoms with Gasteiger partial charge >= 0.3 is 0 Å². The number of benzene rings is 2. The third-order valence-electron chi connectivity index (χ3n) is 3.46. The molecule has 0 spiro atoms. The van der Waals surface area contributed by atoms with E-state index < -0.39 is 5.82 Å². The minimum atomic E-state index is -0.542. The van der Waals surface area contributed by atoms with Crippen LogP contribution in [-0.2, 0) is 4.79 Å². The number of nitrogens with two attached hydrogens (primary N) is 1. The second-order valence-corrected chi connectivity index (χ2v) is 5.04. The number of carbonyl (C=O) groups is 1. The average Bonchev–Trinajstić information content (AvgIpc) is 2.52. The van der Waals surface area contributed by atoms with Gasteiger partial charge in [-0.25, -0.2) is 4.39 Å². The molecule has 5 nitrogen and oxygen atoms in total. The standard InChI is InChI=1S/C17H14FN3O2/c1-10-6-16-12(8-15(10)21-9-22)17(4-5-20-16)23-11-2-3-14(19)13(18)7-11/h2-9H,19H2,1H3,(H,21,22). The maximum absolute atomic E-state index is 13.5. The van der Waals surface area contributed by atoms with Gasteiger partial charge in [-0.15, -0.1) is 0 Å². The monoisotopic (exact) mass is 311 g/mol. The first-order valence-corrected chi connectivity index (χ1v) is 6.91. The summed E-state index contributed by atoms with van der Waals surface area (Å²) in [5, 5.41) is 3.34. The van der Waals surface area contributed by atoms with Gasteiger partial charge in [0.25, 0.3) is 0 Å². The van der Waals surface area contributed by atoms with Crippen molar-refractivity contribution in [1.82, 2.24) is 4.98 Å². The van der Waals surface area contributed by atoms with E-state index in [1.165, 1.54) is 12.1 Å². The lowest BCUT2D eigenvalue weighted by Gasteiger charge is -2.11. The van der Waals surface area contributed by atoms with Crippen LogP contribution in [-0.4, -0.2) is 11.4 Å². The minimum Gasteiger partial charge on any atom is -0.456 e. The molecule has 0 radical (unpaired) electrons. The Bertz CT molecular complexity index is 896. The molecule has 2 aromatic carbocycles. The molecule has 23 heavy (non-hydrogen) atoms. The van der Waals surface area contributed by atoms with Gasteiger partial charge in [0.2, 0.25) is 6.41 Å². The van der Waals surface area contributed by atoms with Crippen LogP contribution in [0.3, 0.4) is 0 Å². The zero-order valence-corrected chi connectivity index (χ0v) is 12.3. The molecule has 0 fully saturated rings. The molecule has 0 atom stereocenters. The van der Waals surface area contributed by atoms with Crippen LogP contribution in [0.1, 0.15) is 5.56 Å². The molecular weight excluding hydrogens is 297 g/mol. The van der Waals surface area contributed by atoms with Crippen LogP contribution >= 0.6 is 0 Å². The summed E-state index contributed by atoms with van der Waals surface area (Å²) in [6.07, 6.45) is 2.22. The number of nitrogens with zero attached hydrogens (tertiary/aromatic N) is 1. The van der Waals surface area contributed by atoms with Crippen LogP contribution in [0.15, 0.2) is 42.6 Å². The molecule has 0 bridgehead atoms. The Kier molecular flexibility index (Phi) is 3.80. The molecule has 0 saturated carbocycles. The van der Waals surface area contributed by atoms with Crippen molar-refractivity contribution < 1.29 is 13.9 Å². The predicted octanol–water partition coefficient (Wildman–Crippen LogP) is 3.63. The second-order valence-electron chi connectivity index (χ2n) is 5.04. The largest absolute Gasteiger partial charge is 0.456 e. The van der Waals surface area contributed by atoms with Gasteiger partial charge < -0.3 is 15.8 Å². The zero-order chi connectivity index (χ0) is 16.4. The van der Waals surface area contributed by atoms with Crippen molar-refractivity contribution in [3.63, 3.8) is 0 Å². The summed E-state index contributed by atoms with van der Waals surface area (Å²) < 4.78 is 19.3. The van der Waals surface area contributed by atoms with Crippen molar-refractivity contribution in [3.8, 4) is 11.5 Å². The van der Waals surface area contributed by atoms with Crippen molar-refractivity contribution >= 4 is 28.7 Å². The van der Waals surface area contributed by atoms with Gasteiger partial charge in [0.1, 0.15) is 17.3 Å². The number of hydrogen-bond acceptors (Lipinski definition) is 4. The summed E-state index contributed by atoms with van der Waals surface area (Å²) in [5.74, 6) is 0.294. The molecule has 1 heterocycles. The predicted molar refractivity (Wildman–Crippen MR) is 87.1 cm³/mol. The topological polar surface area (TPSA) is 77.2 Å². The van der Waals surface area contributed by atoms with Crippen molar-refractivity contribution in [1.29, 1.82) is 0 Å². The number of aryl methyl sites for hydroxylation is 1. The van der Waals surface area contributed by atoms with Crippen molar-refractivity contribution in [2.24, 2.45) is 0 Å². The highest BCUT2D eigenvalue weighted by atomic mass is 19.1. The maximum atomic E-state index is 13.5. The molecule has 1 amide bonds. The Labute approximate surface area is 131 Å². The van der Waals surface area contributed by atoms with E-state index in [2.05, 4.69) is 10.3 Å². The van der Waals surface area contributed by atoms with E-state index in [9.17, 15) is 9.18 Å². The summed E-state index contributed by atoms with van der Waals surface area (Å²) in [6.45, 7) is 1.87. The summed E-state index contributed by atoms with van der Waals surface area (Å²) in [7, 11) is 0. The van der Waals surface area contributed by atoms with Crippen molar-refractivity contribution in [2.45, 2.75) is 6.92 Å². The van der Waals surface area contributed by atoms with E-state index in [1.807, 2.05) is 13.0 Å². The van der Waals surface area contributed by atoms with Gasteiger partial charge in [-0.05, 0) is 42.8 Å². The Morgan fingerprint density at radius 2 is 2.09 bits per heavy atom. The normalized spacial score (nSPS) is 10.5. The average molecular weight is 311 g/mol. The van der Waals surface area contributed by atoms with Crippen molar-refractivity contribution in [3.05, 3.63) is 54.0 Å². The van der Waals surface area contributed by atoms with E-state index in [-0.39, 0.29) is 5.69 Å². The number of aromatic nitrogens is 1. The highest BCUT2D eigenvalue weighted by Crippen LogP contribution is 2.32. The molecule has 0 aliphatic rings. The highest BCUT2D eigenvalue weighted by molar-refractivity contribution is 5.91. The first kappa shape index (κ1) is 14.8. The molecule has 6 heteroatoms. The van der Waals surface area contributed by atoms with Gasteiger partial charge in [-0.2, -0.15) is 0 Å². The summed E-state index contributed by atoms with van der Waals surface area (Å²) in [4.78, 5) is 15.0. The van der Waals surface area contributed by atoms with E-state index >= 15 is 0 Å². The van der Waals surface area contributed by atoms with Crippen molar-refractivity contribution in [2.75, 3.05) is 11.1 Å². The van der Waals surface area contributed by atoms with Crippen LogP contribution < -0.4 is 15.8 Å². The summed E-state index contributed by atoms with van der Waals surface area (Å²) in [5.41, 5.74) is 7.78. The number of anilines is 2. The van der Waals surface area contributed by atoms with E-state index in [1.54, 1.807) is 24.4 Å². The lowest BCUT2D eigenvalue weighted by atomic mass is 10.1. The Hall–Kier alpha value is -3.15. The lowest BCUT2D eigenvalue weighted by molar-refractivity contribution is -0.105.